The monoisotopic (exact) mass is 363 g/mol. The van der Waals surface area contributed by atoms with E-state index in [1.54, 1.807) is 37.3 Å². The molecule has 0 aromatic heterocycles. The second-order valence-electron chi connectivity index (χ2n) is 4.44. The van der Waals surface area contributed by atoms with E-state index in [0.717, 1.165) is 0 Å². The number of sulfonamides is 1. The lowest BCUT2D eigenvalue weighted by molar-refractivity contribution is 0.567. The van der Waals surface area contributed by atoms with Crippen LogP contribution in [0, 0.1) is 0 Å². The summed E-state index contributed by atoms with van der Waals surface area (Å²) in [5.41, 5.74) is 0.636. The molecule has 0 aliphatic heterocycles. The Morgan fingerprint density at radius 3 is 2.29 bits per heavy atom. The van der Waals surface area contributed by atoms with Gasteiger partial charge in [0.05, 0.1) is 5.02 Å². The van der Waals surface area contributed by atoms with E-state index in [4.69, 9.17) is 34.8 Å². The molecule has 0 aliphatic rings. The lowest BCUT2D eigenvalue weighted by atomic mass is 10.1. The number of rotatable bonds is 4. The first-order chi connectivity index (χ1) is 9.81. The van der Waals surface area contributed by atoms with Crippen molar-refractivity contribution in [1.29, 1.82) is 0 Å². The van der Waals surface area contributed by atoms with E-state index in [9.17, 15) is 8.42 Å². The van der Waals surface area contributed by atoms with Gasteiger partial charge in [-0.2, -0.15) is 0 Å². The maximum atomic E-state index is 12.4. The molecule has 0 unspecified atom stereocenters. The summed E-state index contributed by atoms with van der Waals surface area (Å²) in [7, 11) is -3.74. The SMILES string of the molecule is C[C@@H](NS(=O)(=O)c1ccccc1Cl)c1ccc(Cl)cc1Cl. The molecule has 0 bridgehead atoms. The van der Waals surface area contributed by atoms with Crippen molar-refractivity contribution < 1.29 is 8.42 Å². The van der Waals surface area contributed by atoms with Gasteiger partial charge in [0.25, 0.3) is 0 Å². The van der Waals surface area contributed by atoms with Gasteiger partial charge >= 0.3 is 0 Å². The molecule has 0 saturated carbocycles. The van der Waals surface area contributed by atoms with Crippen molar-refractivity contribution in [2.24, 2.45) is 0 Å². The van der Waals surface area contributed by atoms with Crippen LogP contribution in [-0.2, 0) is 10.0 Å². The molecule has 21 heavy (non-hydrogen) atoms. The summed E-state index contributed by atoms with van der Waals surface area (Å²) in [6.45, 7) is 1.70. The lowest BCUT2D eigenvalue weighted by Gasteiger charge is -2.16. The molecule has 0 fully saturated rings. The van der Waals surface area contributed by atoms with Crippen molar-refractivity contribution in [1.82, 2.24) is 4.72 Å². The van der Waals surface area contributed by atoms with Crippen LogP contribution in [0.15, 0.2) is 47.4 Å². The molecule has 112 valence electrons. The van der Waals surface area contributed by atoms with E-state index in [0.29, 0.717) is 15.6 Å². The van der Waals surface area contributed by atoms with Crippen molar-refractivity contribution >= 4 is 44.8 Å². The summed E-state index contributed by atoms with van der Waals surface area (Å²) in [4.78, 5) is 0.0311. The summed E-state index contributed by atoms with van der Waals surface area (Å²) in [5, 5.41) is 1.06. The van der Waals surface area contributed by atoms with E-state index in [2.05, 4.69) is 4.72 Å². The highest BCUT2D eigenvalue weighted by Gasteiger charge is 2.21. The topological polar surface area (TPSA) is 46.2 Å². The fourth-order valence-electron chi connectivity index (χ4n) is 1.88. The third-order valence-corrected chi connectivity index (χ3v) is 5.49. The summed E-state index contributed by atoms with van der Waals surface area (Å²) >= 11 is 17.8. The molecule has 2 aromatic rings. The second-order valence-corrected chi connectivity index (χ2v) is 7.37. The minimum Gasteiger partial charge on any atom is -0.207 e. The summed E-state index contributed by atoms with van der Waals surface area (Å²) in [5.74, 6) is 0. The normalized spacial score (nSPS) is 13.1. The molecule has 7 heteroatoms. The van der Waals surface area contributed by atoms with Gasteiger partial charge in [0.15, 0.2) is 0 Å². The summed E-state index contributed by atoms with van der Waals surface area (Å²) in [6.07, 6.45) is 0. The molecular weight excluding hydrogens is 353 g/mol. The zero-order chi connectivity index (χ0) is 15.6. The molecule has 2 aromatic carbocycles. The number of hydrogen-bond acceptors (Lipinski definition) is 2. The first-order valence-corrected chi connectivity index (χ1v) is 8.65. The first-order valence-electron chi connectivity index (χ1n) is 6.03. The van der Waals surface area contributed by atoms with Crippen LogP contribution >= 0.6 is 34.8 Å². The van der Waals surface area contributed by atoms with Crippen molar-refractivity contribution in [3.63, 3.8) is 0 Å². The maximum Gasteiger partial charge on any atom is 0.242 e. The Kier molecular flexibility index (Phi) is 5.17. The van der Waals surface area contributed by atoms with E-state index in [1.807, 2.05) is 0 Å². The van der Waals surface area contributed by atoms with Gasteiger partial charge in [0.1, 0.15) is 4.90 Å². The van der Waals surface area contributed by atoms with Crippen molar-refractivity contribution in [3.05, 3.63) is 63.1 Å². The summed E-state index contributed by atoms with van der Waals surface area (Å²) < 4.78 is 27.3. The fourth-order valence-corrected chi connectivity index (χ4v) is 4.19. The van der Waals surface area contributed by atoms with Crippen LogP contribution in [0.5, 0.6) is 0 Å². The maximum absolute atomic E-state index is 12.4. The van der Waals surface area contributed by atoms with Crippen LogP contribution in [0.1, 0.15) is 18.5 Å². The Morgan fingerprint density at radius 1 is 1.00 bits per heavy atom. The van der Waals surface area contributed by atoms with E-state index >= 15 is 0 Å². The number of halogens is 3. The molecule has 0 aliphatic carbocycles. The standard InChI is InChI=1S/C14H12Cl3NO2S/c1-9(11-7-6-10(15)8-13(11)17)18-21(19,20)14-5-3-2-4-12(14)16/h2-9,18H,1H3/t9-/m1/s1. The predicted molar refractivity (Wildman–Crippen MR) is 86.7 cm³/mol. The Balaban J connectivity index is 2.30. The number of nitrogens with one attached hydrogen (secondary N) is 1. The van der Waals surface area contributed by atoms with Crippen molar-refractivity contribution in [3.8, 4) is 0 Å². The van der Waals surface area contributed by atoms with Crippen molar-refractivity contribution in [2.45, 2.75) is 17.9 Å². The quantitative estimate of drug-likeness (QED) is 0.855. The van der Waals surface area contributed by atoms with Crippen LogP contribution in [0.3, 0.4) is 0 Å². The highest BCUT2D eigenvalue weighted by atomic mass is 35.5. The van der Waals surface area contributed by atoms with Crippen molar-refractivity contribution in [2.75, 3.05) is 0 Å². The van der Waals surface area contributed by atoms with Gasteiger partial charge in [-0.25, -0.2) is 13.1 Å². The molecule has 0 spiro atoms. The van der Waals surface area contributed by atoms with Gasteiger partial charge in [0.2, 0.25) is 10.0 Å². The van der Waals surface area contributed by atoms with E-state index in [1.165, 1.54) is 12.1 Å². The molecule has 0 saturated heterocycles. The lowest BCUT2D eigenvalue weighted by Crippen LogP contribution is -2.27. The van der Waals surface area contributed by atoms with Gasteiger partial charge in [-0.05, 0) is 36.8 Å². The Bertz CT molecular complexity index is 763. The number of benzene rings is 2. The molecule has 3 nitrogen and oxygen atoms in total. The highest BCUT2D eigenvalue weighted by molar-refractivity contribution is 7.89. The minimum absolute atomic E-state index is 0.0311. The van der Waals surface area contributed by atoms with Gasteiger partial charge in [-0.1, -0.05) is 53.0 Å². The molecule has 0 radical (unpaired) electrons. The third kappa shape index (κ3) is 3.90. The second kappa shape index (κ2) is 6.55. The van der Waals surface area contributed by atoms with Gasteiger partial charge in [-0.3, -0.25) is 0 Å². The van der Waals surface area contributed by atoms with Gasteiger partial charge in [0, 0.05) is 16.1 Å². The van der Waals surface area contributed by atoms with Crippen LogP contribution in [0.25, 0.3) is 0 Å². The smallest absolute Gasteiger partial charge is 0.207 e. The van der Waals surface area contributed by atoms with E-state index in [-0.39, 0.29) is 9.92 Å². The summed E-state index contributed by atoms with van der Waals surface area (Å²) in [6, 6.07) is 10.6. The zero-order valence-corrected chi connectivity index (χ0v) is 14.1. The van der Waals surface area contributed by atoms with Crippen LogP contribution in [0.4, 0.5) is 0 Å². The highest BCUT2D eigenvalue weighted by Crippen LogP contribution is 2.28. The average Bonchev–Trinajstić information content (AvgIpc) is 2.38. The molecular formula is C14H12Cl3NO2S. The third-order valence-electron chi connectivity index (χ3n) is 2.89. The Labute approximate surface area is 138 Å². The van der Waals surface area contributed by atoms with Gasteiger partial charge < -0.3 is 0 Å². The van der Waals surface area contributed by atoms with E-state index < -0.39 is 16.1 Å². The molecule has 1 N–H and O–H groups in total. The van der Waals surface area contributed by atoms with Crippen LogP contribution < -0.4 is 4.72 Å². The Hall–Kier alpha value is -0.780. The predicted octanol–water partition coefficient (Wildman–Crippen LogP) is 4.69. The zero-order valence-electron chi connectivity index (χ0n) is 11.0. The molecule has 0 heterocycles. The molecule has 2 rings (SSSR count). The fraction of sp³-hybridized carbons (Fsp3) is 0.143. The van der Waals surface area contributed by atoms with Crippen LogP contribution in [0.2, 0.25) is 15.1 Å². The first kappa shape index (κ1) is 16.6. The van der Waals surface area contributed by atoms with Gasteiger partial charge in [-0.15, -0.1) is 0 Å². The molecule has 0 amide bonds. The Morgan fingerprint density at radius 2 is 1.67 bits per heavy atom. The minimum atomic E-state index is -3.74. The average molecular weight is 365 g/mol. The van der Waals surface area contributed by atoms with Crippen LogP contribution in [-0.4, -0.2) is 8.42 Å². The number of hydrogen-bond donors (Lipinski definition) is 1. The molecule has 1 atom stereocenters. The largest absolute Gasteiger partial charge is 0.242 e.